The fourth-order valence-electron chi connectivity index (χ4n) is 4.11. The van der Waals surface area contributed by atoms with Crippen LogP contribution in [0.5, 0.6) is 11.5 Å². The SMILES string of the molecule is O=C(Nc1cccc(C(F)(F)F)c1)Nc1ccc(F)c(Oc2ccc3ncc(C4CCOCC4)nc3c2)c1. The third-order valence-corrected chi connectivity index (χ3v) is 6.04. The number of alkyl halides is 3. The molecule has 5 rings (SSSR count). The Morgan fingerprint density at radius 1 is 0.947 bits per heavy atom. The van der Waals surface area contributed by atoms with Gasteiger partial charge in [-0.25, -0.2) is 14.2 Å². The van der Waals surface area contributed by atoms with Crippen LogP contribution >= 0.6 is 0 Å². The maximum Gasteiger partial charge on any atom is 0.416 e. The summed E-state index contributed by atoms with van der Waals surface area (Å²) >= 11 is 0. The van der Waals surface area contributed by atoms with E-state index < -0.39 is 23.6 Å². The second-order valence-electron chi connectivity index (χ2n) is 8.74. The van der Waals surface area contributed by atoms with Crippen LogP contribution in [0.1, 0.15) is 30.0 Å². The second-order valence-corrected chi connectivity index (χ2v) is 8.74. The number of rotatable bonds is 5. The Morgan fingerprint density at radius 3 is 2.47 bits per heavy atom. The Bertz CT molecular complexity index is 1470. The molecular formula is C27H22F4N4O3. The minimum atomic E-state index is -4.54. The van der Waals surface area contributed by atoms with Gasteiger partial charge < -0.3 is 20.1 Å². The number of aromatic nitrogens is 2. The molecule has 2 heterocycles. The predicted octanol–water partition coefficient (Wildman–Crippen LogP) is 7.12. The third-order valence-electron chi connectivity index (χ3n) is 6.04. The lowest BCUT2D eigenvalue weighted by Crippen LogP contribution is -2.19. The lowest BCUT2D eigenvalue weighted by molar-refractivity contribution is -0.137. The molecule has 7 nitrogen and oxygen atoms in total. The molecule has 1 aliphatic heterocycles. The number of nitrogens with one attached hydrogen (secondary N) is 2. The first-order valence-corrected chi connectivity index (χ1v) is 11.8. The summed E-state index contributed by atoms with van der Waals surface area (Å²) in [5, 5.41) is 4.80. The molecule has 0 radical (unpaired) electrons. The van der Waals surface area contributed by atoms with Gasteiger partial charge in [0.25, 0.3) is 0 Å². The summed E-state index contributed by atoms with van der Waals surface area (Å²) in [6.45, 7) is 1.35. The number of hydrogen-bond acceptors (Lipinski definition) is 5. The second kappa shape index (κ2) is 10.6. The molecule has 1 fully saturated rings. The quantitative estimate of drug-likeness (QED) is 0.271. The summed E-state index contributed by atoms with van der Waals surface area (Å²) in [4.78, 5) is 21.5. The number of carbonyl (C=O) groups excluding carboxylic acids is 1. The van der Waals surface area contributed by atoms with Crippen LogP contribution in [-0.2, 0) is 10.9 Å². The van der Waals surface area contributed by atoms with Gasteiger partial charge in [0.15, 0.2) is 11.6 Å². The molecule has 11 heteroatoms. The van der Waals surface area contributed by atoms with Gasteiger partial charge >= 0.3 is 12.2 Å². The molecule has 196 valence electrons. The maximum atomic E-state index is 14.5. The van der Waals surface area contributed by atoms with Crippen LogP contribution < -0.4 is 15.4 Å². The van der Waals surface area contributed by atoms with Gasteiger partial charge in [0.1, 0.15) is 5.75 Å². The van der Waals surface area contributed by atoms with Crippen molar-refractivity contribution in [3.63, 3.8) is 0 Å². The molecule has 1 aromatic heterocycles. The van der Waals surface area contributed by atoms with Crippen molar-refractivity contribution in [2.45, 2.75) is 24.9 Å². The summed E-state index contributed by atoms with van der Waals surface area (Å²) in [5.41, 5.74) is 1.35. The van der Waals surface area contributed by atoms with Gasteiger partial charge in [-0.2, -0.15) is 13.2 Å². The average Bonchev–Trinajstić information content (AvgIpc) is 2.90. The Kier molecular flexibility index (Phi) is 7.10. The Morgan fingerprint density at radius 2 is 1.71 bits per heavy atom. The summed E-state index contributed by atoms with van der Waals surface area (Å²) in [5.74, 6) is -0.251. The van der Waals surface area contributed by atoms with Gasteiger partial charge in [-0.3, -0.25) is 4.98 Å². The highest BCUT2D eigenvalue weighted by atomic mass is 19.4. The van der Waals surface area contributed by atoms with Crippen LogP contribution in [0.2, 0.25) is 0 Å². The largest absolute Gasteiger partial charge is 0.454 e. The molecule has 0 atom stereocenters. The molecule has 0 aliphatic carbocycles. The number of amides is 2. The molecule has 1 saturated heterocycles. The monoisotopic (exact) mass is 526 g/mol. The van der Waals surface area contributed by atoms with Crippen molar-refractivity contribution in [3.05, 3.63) is 83.9 Å². The molecule has 4 aromatic rings. The molecule has 3 aromatic carbocycles. The number of benzene rings is 3. The smallest absolute Gasteiger partial charge is 0.416 e. The number of halogens is 4. The van der Waals surface area contributed by atoms with E-state index in [4.69, 9.17) is 14.5 Å². The first kappa shape index (κ1) is 25.4. The van der Waals surface area contributed by atoms with Gasteiger partial charge in [-0.05, 0) is 55.3 Å². The van der Waals surface area contributed by atoms with E-state index >= 15 is 0 Å². The molecule has 38 heavy (non-hydrogen) atoms. The summed E-state index contributed by atoms with van der Waals surface area (Å²) in [6, 6.07) is 12.1. The molecule has 0 unspecified atom stereocenters. The van der Waals surface area contributed by atoms with E-state index in [0.29, 0.717) is 30.0 Å². The number of carbonyl (C=O) groups is 1. The zero-order chi connectivity index (χ0) is 26.7. The minimum absolute atomic E-state index is 0.0479. The fourth-order valence-corrected chi connectivity index (χ4v) is 4.11. The van der Waals surface area contributed by atoms with Crippen molar-refractivity contribution in [1.29, 1.82) is 0 Å². The van der Waals surface area contributed by atoms with Crippen LogP contribution in [0, 0.1) is 5.82 Å². The normalized spacial score (nSPS) is 14.3. The van der Waals surface area contributed by atoms with E-state index in [1.807, 2.05) is 0 Å². The standard InChI is InChI=1S/C27H22F4N4O3/c28-21-6-4-19(34-26(36)33-18-3-1-2-17(12-18)27(29,30)31)13-25(21)38-20-5-7-22-23(14-20)35-24(15-32-22)16-8-10-37-11-9-16/h1-7,12-16H,8-11H2,(H2,33,34,36). The van der Waals surface area contributed by atoms with E-state index in [-0.39, 0.29) is 23.0 Å². The highest BCUT2D eigenvalue weighted by Crippen LogP contribution is 2.32. The van der Waals surface area contributed by atoms with E-state index in [2.05, 4.69) is 15.6 Å². The number of urea groups is 1. The Hall–Kier alpha value is -4.25. The zero-order valence-corrected chi connectivity index (χ0v) is 19.9. The van der Waals surface area contributed by atoms with Crippen LogP contribution in [0.3, 0.4) is 0 Å². The lowest BCUT2D eigenvalue weighted by atomic mass is 9.97. The summed E-state index contributed by atoms with van der Waals surface area (Å²) < 4.78 is 64.4. The molecule has 2 N–H and O–H groups in total. The number of hydrogen-bond donors (Lipinski definition) is 2. The number of anilines is 2. The van der Waals surface area contributed by atoms with Gasteiger partial charge in [0.2, 0.25) is 0 Å². The highest BCUT2D eigenvalue weighted by Gasteiger charge is 2.30. The third kappa shape index (κ3) is 6.00. The number of ether oxygens (including phenoxy) is 2. The van der Waals surface area contributed by atoms with Crippen LogP contribution in [-0.4, -0.2) is 29.2 Å². The van der Waals surface area contributed by atoms with Crippen LogP contribution in [0.25, 0.3) is 11.0 Å². The van der Waals surface area contributed by atoms with Crippen LogP contribution in [0.15, 0.2) is 66.9 Å². The molecule has 2 amide bonds. The summed E-state index contributed by atoms with van der Waals surface area (Å²) in [7, 11) is 0. The Labute approximate surface area is 214 Å². The van der Waals surface area contributed by atoms with E-state index in [0.717, 1.165) is 36.7 Å². The molecule has 0 bridgehead atoms. The first-order valence-electron chi connectivity index (χ1n) is 11.8. The maximum absolute atomic E-state index is 14.5. The topological polar surface area (TPSA) is 85.4 Å². The minimum Gasteiger partial charge on any atom is -0.454 e. The van der Waals surface area contributed by atoms with Gasteiger partial charge in [-0.15, -0.1) is 0 Å². The van der Waals surface area contributed by atoms with E-state index in [1.165, 1.54) is 24.3 Å². The molecule has 0 spiro atoms. The lowest BCUT2D eigenvalue weighted by Gasteiger charge is -2.21. The van der Waals surface area contributed by atoms with Crippen molar-refractivity contribution in [2.75, 3.05) is 23.8 Å². The van der Waals surface area contributed by atoms with Crippen molar-refractivity contribution in [3.8, 4) is 11.5 Å². The molecule has 1 aliphatic rings. The van der Waals surface area contributed by atoms with E-state index in [1.54, 1.807) is 24.4 Å². The molecular weight excluding hydrogens is 504 g/mol. The van der Waals surface area contributed by atoms with Crippen molar-refractivity contribution >= 4 is 28.4 Å². The fraction of sp³-hybridized carbons (Fsp3) is 0.222. The molecule has 0 saturated carbocycles. The predicted molar refractivity (Wildman–Crippen MR) is 133 cm³/mol. The first-order chi connectivity index (χ1) is 18.2. The summed E-state index contributed by atoms with van der Waals surface area (Å²) in [6.07, 6.45) is -1.05. The average molecular weight is 526 g/mol. The van der Waals surface area contributed by atoms with Gasteiger partial charge in [0.05, 0.1) is 22.3 Å². The van der Waals surface area contributed by atoms with Crippen molar-refractivity contribution in [1.82, 2.24) is 9.97 Å². The number of nitrogens with zero attached hydrogens (tertiary/aromatic N) is 2. The van der Waals surface area contributed by atoms with Gasteiger partial charge in [-0.1, -0.05) is 6.07 Å². The van der Waals surface area contributed by atoms with Gasteiger partial charge in [0, 0.05) is 48.8 Å². The highest BCUT2D eigenvalue weighted by molar-refractivity contribution is 5.99. The van der Waals surface area contributed by atoms with Crippen molar-refractivity contribution in [2.24, 2.45) is 0 Å². The van der Waals surface area contributed by atoms with Crippen molar-refractivity contribution < 1.29 is 31.8 Å². The zero-order valence-electron chi connectivity index (χ0n) is 19.9. The van der Waals surface area contributed by atoms with Crippen LogP contribution in [0.4, 0.5) is 33.7 Å². The van der Waals surface area contributed by atoms with E-state index in [9.17, 15) is 22.4 Å². The number of fused-ring (bicyclic) bond motifs is 1. The Balaban J connectivity index is 1.30.